The van der Waals surface area contributed by atoms with Gasteiger partial charge in [0.15, 0.2) is 0 Å². The maximum absolute atomic E-state index is 4.18. The zero-order valence-electron chi connectivity index (χ0n) is 10.0. The molecule has 1 heterocycles. The number of hydrogen-bond acceptors (Lipinski definition) is 2. The molecule has 2 atom stereocenters. The highest BCUT2D eigenvalue weighted by atomic mass is 14.9. The molecule has 0 bridgehead atoms. The third-order valence-corrected chi connectivity index (χ3v) is 2.87. The molecule has 0 aliphatic rings. The molecule has 1 N–H and O–H groups in total. The molecule has 1 aromatic rings. The maximum Gasteiger partial charge on any atom is 0.0337 e. The van der Waals surface area contributed by atoms with Crippen LogP contribution in [0, 0.1) is 5.92 Å². The lowest BCUT2D eigenvalue weighted by Crippen LogP contribution is -2.22. The standard InChI is InChI=1S/C13H22N2/c1-4-11(3)9-13(15-5-2)12-7-6-8-14-10-12/h6-8,10-11,13,15H,4-5,9H2,1-3H3. The van der Waals surface area contributed by atoms with E-state index in [2.05, 4.69) is 37.1 Å². The Hall–Kier alpha value is -0.890. The van der Waals surface area contributed by atoms with E-state index >= 15 is 0 Å². The predicted molar refractivity (Wildman–Crippen MR) is 64.7 cm³/mol. The van der Waals surface area contributed by atoms with Gasteiger partial charge in [0.25, 0.3) is 0 Å². The molecule has 2 unspecified atom stereocenters. The molecule has 2 nitrogen and oxygen atoms in total. The number of aromatic nitrogens is 1. The van der Waals surface area contributed by atoms with E-state index < -0.39 is 0 Å². The number of nitrogens with zero attached hydrogens (tertiary/aromatic N) is 1. The van der Waals surface area contributed by atoms with Crippen LogP contribution in [-0.2, 0) is 0 Å². The molecule has 0 saturated heterocycles. The second-order valence-electron chi connectivity index (χ2n) is 4.15. The Bertz CT molecular complexity index is 258. The summed E-state index contributed by atoms with van der Waals surface area (Å²) in [5, 5.41) is 3.52. The summed E-state index contributed by atoms with van der Waals surface area (Å²) in [5.74, 6) is 0.759. The first-order valence-corrected chi connectivity index (χ1v) is 5.91. The van der Waals surface area contributed by atoms with Gasteiger partial charge in [-0.25, -0.2) is 0 Å². The van der Waals surface area contributed by atoms with Crippen LogP contribution in [0.4, 0.5) is 0 Å². The fourth-order valence-electron chi connectivity index (χ4n) is 1.73. The van der Waals surface area contributed by atoms with Crippen LogP contribution in [0.15, 0.2) is 24.5 Å². The molecule has 1 aromatic heterocycles. The van der Waals surface area contributed by atoms with Crippen LogP contribution >= 0.6 is 0 Å². The third kappa shape index (κ3) is 4.00. The molecule has 0 spiro atoms. The molecular formula is C13H22N2. The molecule has 0 aliphatic carbocycles. The smallest absolute Gasteiger partial charge is 0.0337 e. The van der Waals surface area contributed by atoms with Crippen molar-refractivity contribution in [1.82, 2.24) is 10.3 Å². The molecule has 0 fully saturated rings. The van der Waals surface area contributed by atoms with Crippen molar-refractivity contribution in [3.8, 4) is 0 Å². The number of pyridine rings is 1. The molecule has 0 amide bonds. The largest absolute Gasteiger partial charge is 0.310 e. The van der Waals surface area contributed by atoms with Crippen LogP contribution < -0.4 is 5.32 Å². The van der Waals surface area contributed by atoms with E-state index in [-0.39, 0.29) is 0 Å². The van der Waals surface area contributed by atoms with Crippen LogP contribution in [0.2, 0.25) is 0 Å². The van der Waals surface area contributed by atoms with E-state index in [1.54, 1.807) is 0 Å². The van der Waals surface area contributed by atoms with Gasteiger partial charge in [-0.05, 0) is 30.5 Å². The van der Waals surface area contributed by atoms with Crippen molar-refractivity contribution in [3.05, 3.63) is 30.1 Å². The van der Waals surface area contributed by atoms with Gasteiger partial charge < -0.3 is 5.32 Å². The Morgan fingerprint density at radius 1 is 1.40 bits per heavy atom. The van der Waals surface area contributed by atoms with Gasteiger partial charge >= 0.3 is 0 Å². The van der Waals surface area contributed by atoms with Gasteiger partial charge in [0.2, 0.25) is 0 Å². The fourth-order valence-corrected chi connectivity index (χ4v) is 1.73. The minimum absolute atomic E-state index is 0.457. The second kappa shape index (κ2) is 6.57. The summed E-state index contributed by atoms with van der Waals surface area (Å²) in [5.41, 5.74) is 1.31. The minimum Gasteiger partial charge on any atom is -0.310 e. The third-order valence-electron chi connectivity index (χ3n) is 2.87. The molecular weight excluding hydrogens is 184 g/mol. The highest BCUT2D eigenvalue weighted by Crippen LogP contribution is 2.21. The van der Waals surface area contributed by atoms with Gasteiger partial charge in [-0.3, -0.25) is 4.98 Å². The van der Waals surface area contributed by atoms with Crippen LogP contribution in [0.1, 0.15) is 45.2 Å². The van der Waals surface area contributed by atoms with Crippen molar-refractivity contribution >= 4 is 0 Å². The molecule has 1 rings (SSSR count). The van der Waals surface area contributed by atoms with Crippen molar-refractivity contribution in [2.24, 2.45) is 5.92 Å². The lowest BCUT2D eigenvalue weighted by Gasteiger charge is -2.21. The van der Waals surface area contributed by atoms with Crippen LogP contribution in [0.25, 0.3) is 0 Å². The summed E-state index contributed by atoms with van der Waals surface area (Å²) in [6.07, 6.45) is 6.23. The van der Waals surface area contributed by atoms with E-state index in [0.29, 0.717) is 6.04 Å². The number of hydrogen-bond donors (Lipinski definition) is 1. The second-order valence-corrected chi connectivity index (χ2v) is 4.15. The summed E-state index contributed by atoms with van der Waals surface area (Å²) in [6, 6.07) is 4.62. The summed E-state index contributed by atoms with van der Waals surface area (Å²) in [7, 11) is 0. The summed E-state index contributed by atoms with van der Waals surface area (Å²) in [6.45, 7) is 7.72. The quantitative estimate of drug-likeness (QED) is 0.773. The Labute approximate surface area is 93.1 Å². The van der Waals surface area contributed by atoms with Crippen molar-refractivity contribution in [2.75, 3.05) is 6.54 Å². The Kier molecular flexibility index (Phi) is 5.33. The van der Waals surface area contributed by atoms with Gasteiger partial charge in [-0.1, -0.05) is 33.3 Å². The van der Waals surface area contributed by atoms with E-state index in [1.807, 2.05) is 18.5 Å². The number of nitrogens with one attached hydrogen (secondary N) is 1. The minimum atomic E-state index is 0.457. The van der Waals surface area contributed by atoms with Crippen molar-refractivity contribution in [1.29, 1.82) is 0 Å². The first-order valence-electron chi connectivity index (χ1n) is 5.91. The first-order chi connectivity index (χ1) is 7.27. The summed E-state index contributed by atoms with van der Waals surface area (Å²) < 4.78 is 0. The summed E-state index contributed by atoms with van der Waals surface area (Å²) in [4.78, 5) is 4.18. The maximum atomic E-state index is 4.18. The Morgan fingerprint density at radius 3 is 2.73 bits per heavy atom. The first kappa shape index (κ1) is 12.2. The molecule has 0 aromatic carbocycles. The number of rotatable bonds is 6. The Balaban J connectivity index is 2.65. The van der Waals surface area contributed by atoms with Gasteiger partial charge in [0.05, 0.1) is 0 Å². The van der Waals surface area contributed by atoms with Crippen LogP contribution in [-0.4, -0.2) is 11.5 Å². The topological polar surface area (TPSA) is 24.9 Å². The monoisotopic (exact) mass is 206 g/mol. The normalized spacial score (nSPS) is 14.9. The van der Waals surface area contributed by atoms with Gasteiger partial charge in [-0.2, -0.15) is 0 Å². The summed E-state index contributed by atoms with van der Waals surface area (Å²) >= 11 is 0. The average Bonchev–Trinajstić information content (AvgIpc) is 2.29. The van der Waals surface area contributed by atoms with Crippen LogP contribution in [0.5, 0.6) is 0 Å². The van der Waals surface area contributed by atoms with Crippen molar-refractivity contribution in [3.63, 3.8) is 0 Å². The predicted octanol–water partition coefficient (Wildman–Crippen LogP) is 3.17. The van der Waals surface area contributed by atoms with Crippen molar-refractivity contribution < 1.29 is 0 Å². The lowest BCUT2D eigenvalue weighted by atomic mass is 9.95. The van der Waals surface area contributed by atoms with E-state index in [9.17, 15) is 0 Å². The molecule has 0 saturated carbocycles. The average molecular weight is 206 g/mol. The van der Waals surface area contributed by atoms with Crippen LogP contribution in [0.3, 0.4) is 0 Å². The molecule has 0 aliphatic heterocycles. The van der Waals surface area contributed by atoms with E-state index in [4.69, 9.17) is 0 Å². The highest BCUT2D eigenvalue weighted by Gasteiger charge is 2.13. The lowest BCUT2D eigenvalue weighted by molar-refractivity contribution is 0.408. The zero-order valence-corrected chi connectivity index (χ0v) is 10.0. The molecule has 0 radical (unpaired) electrons. The molecule has 84 valence electrons. The van der Waals surface area contributed by atoms with E-state index in [0.717, 1.165) is 12.5 Å². The Morgan fingerprint density at radius 2 is 2.20 bits per heavy atom. The fraction of sp³-hybridized carbons (Fsp3) is 0.615. The van der Waals surface area contributed by atoms with Gasteiger partial charge in [0, 0.05) is 18.4 Å². The SMILES string of the molecule is CCNC(CC(C)CC)c1cccnc1. The molecule has 2 heteroatoms. The van der Waals surface area contributed by atoms with Gasteiger partial charge in [0.1, 0.15) is 0 Å². The zero-order chi connectivity index (χ0) is 11.1. The van der Waals surface area contributed by atoms with E-state index in [1.165, 1.54) is 18.4 Å². The van der Waals surface area contributed by atoms with Crippen molar-refractivity contribution in [2.45, 2.75) is 39.7 Å². The highest BCUT2D eigenvalue weighted by molar-refractivity contribution is 5.13. The van der Waals surface area contributed by atoms with Gasteiger partial charge in [-0.15, -0.1) is 0 Å². The molecule has 15 heavy (non-hydrogen) atoms.